The van der Waals surface area contributed by atoms with Gasteiger partial charge in [-0.3, -0.25) is 0 Å². The van der Waals surface area contributed by atoms with E-state index in [0.717, 1.165) is 9.37 Å². The van der Waals surface area contributed by atoms with Gasteiger partial charge in [0.25, 0.3) is 0 Å². The third-order valence-corrected chi connectivity index (χ3v) is 4.11. The first-order valence-corrected chi connectivity index (χ1v) is 6.55. The third-order valence-electron chi connectivity index (χ3n) is 1.98. The lowest BCUT2D eigenvalue weighted by atomic mass is 10.2. The summed E-state index contributed by atoms with van der Waals surface area (Å²) in [6.07, 6.45) is -0.740. The molecule has 1 atom stereocenters. The van der Waals surface area contributed by atoms with Crippen molar-refractivity contribution in [2.24, 2.45) is 10.9 Å². The summed E-state index contributed by atoms with van der Waals surface area (Å²) in [6.45, 7) is -0.257. The van der Waals surface area contributed by atoms with Crippen LogP contribution in [0.5, 0.6) is 0 Å². The number of aliphatic hydroxyl groups is 2. The van der Waals surface area contributed by atoms with Crippen LogP contribution in [-0.2, 0) is 0 Å². The first-order valence-electron chi connectivity index (χ1n) is 4.77. The van der Waals surface area contributed by atoms with Crippen LogP contribution in [0, 0.1) is 0 Å². The Bertz CT molecular complexity index is 415. The minimum atomic E-state index is -0.740. The van der Waals surface area contributed by atoms with Crippen molar-refractivity contribution in [3.63, 3.8) is 0 Å². The molecule has 5 N–H and O–H groups in total. The maximum Gasteiger partial charge on any atom is 0.170 e. The van der Waals surface area contributed by atoms with Gasteiger partial charge < -0.3 is 21.2 Å². The molecular formula is C10H13BrN2O3S. The summed E-state index contributed by atoms with van der Waals surface area (Å²) < 4.78 is 0.789. The first kappa shape index (κ1) is 14.3. The summed E-state index contributed by atoms with van der Waals surface area (Å²) in [5.74, 6) is 0.440. The fourth-order valence-corrected chi connectivity index (χ4v) is 2.63. The van der Waals surface area contributed by atoms with Crippen LogP contribution in [0.15, 0.2) is 32.7 Å². The lowest BCUT2D eigenvalue weighted by Crippen LogP contribution is -2.15. The van der Waals surface area contributed by atoms with E-state index < -0.39 is 6.10 Å². The SMILES string of the molecule is N/C(=N/O)c1ccc(SCC(O)CO)c(Br)c1. The van der Waals surface area contributed by atoms with Gasteiger partial charge in [-0.1, -0.05) is 5.16 Å². The van der Waals surface area contributed by atoms with E-state index >= 15 is 0 Å². The topological polar surface area (TPSA) is 99.1 Å². The molecule has 1 aromatic rings. The molecule has 0 fully saturated rings. The lowest BCUT2D eigenvalue weighted by molar-refractivity contribution is 0.113. The molecule has 17 heavy (non-hydrogen) atoms. The monoisotopic (exact) mass is 320 g/mol. The van der Waals surface area contributed by atoms with Gasteiger partial charge in [0.2, 0.25) is 0 Å². The molecular weight excluding hydrogens is 308 g/mol. The number of benzene rings is 1. The van der Waals surface area contributed by atoms with Crippen LogP contribution < -0.4 is 5.73 Å². The number of amidine groups is 1. The van der Waals surface area contributed by atoms with E-state index in [0.29, 0.717) is 11.3 Å². The van der Waals surface area contributed by atoms with Gasteiger partial charge in [-0.25, -0.2) is 0 Å². The first-order chi connectivity index (χ1) is 8.08. The molecule has 1 aromatic carbocycles. The molecule has 0 aliphatic heterocycles. The highest BCUT2D eigenvalue weighted by Crippen LogP contribution is 2.28. The zero-order chi connectivity index (χ0) is 12.8. The molecule has 0 heterocycles. The van der Waals surface area contributed by atoms with Crippen molar-refractivity contribution in [3.8, 4) is 0 Å². The quantitative estimate of drug-likeness (QED) is 0.213. The van der Waals surface area contributed by atoms with Crippen LogP contribution in [0.3, 0.4) is 0 Å². The number of hydrogen-bond acceptors (Lipinski definition) is 5. The van der Waals surface area contributed by atoms with Gasteiger partial charge in [0.1, 0.15) is 0 Å². The fourth-order valence-electron chi connectivity index (χ4n) is 1.07. The molecule has 0 aliphatic carbocycles. The number of nitrogens with zero attached hydrogens (tertiary/aromatic N) is 1. The van der Waals surface area contributed by atoms with Crippen LogP contribution in [-0.4, -0.2) is 39.7 Å². The number of thioether (sulfide) groups is 1. The Morgan fingerprint density at radius 1 is 1.53 bits per heavy atom. The Balaban J connectivity index is 2.76. The summed E-state index contributed by atoms with van der Waals surface area (Å²) >= 11 is 4.77. The summed E-state index contributed by atoms with van der Waals surface area (Å²) in [7, 11) is 0. The van der Waals surface area contributed by atoms with Gasteiger partial charge in [-0.05, 0) is 34.1 Å². The maximum atomic E-state index is 9.23. The highest BCUT2D eigenvalue weighted by atomic mass is 79.9. The van der Waals surface area contributed by atoms with Gasteiger partial charge in [-0.2, -0.15) is 0 Å². The van der Waals surface area contributed by atoms with E-state index in [1.165, 1.54) is 11.8 Å². The van der Waals surface area contributed by atoms with Crippen LogP contribution in [0.4, 0.5) is 0 Å². The fraction of sp³-hybridized carbons (Fsp3) is 0.300. The van der Waals surface area contributed by atoms with Crippen molar-refractivity contribution in [3.05, 3.63) is 28.2 Å². The normalized spacial score (nSPS) is 13.7. The summed E-state index contributed by atoms with van der Waals surface area (Å²) in [4.78, 5) is 0.909. The molecule has 0 radical (unpaired) electrons. The second kappa shape index (κ2) is 6.85. The molecule has 94 valence electrons. The minimum Gasteiger partial charge on any atom is -0.409 e. The molecule has 1 rings (SSSR count). The average molecular weight is 321 g/mol. The highest BCUT2D eigenvalue weighted by Gasteiger charge is 2.08. The molecule has 5 nitrogen and oxygen atoms in total. The zero-order valence-corrected chi connectivity index (χ0v) is 11.3. The standard InChI is InChI=1S/C10H13BrN2O3S/c11-8-3-6(10(12)13-16)1-2-9(8)17-5-7(15)4-14/h1-3,7,14-16H,4-5H2,(H2,12,13). The predicted molar refractivity (Wildman–Crippen MR) is 70.5 cm³/mol. The number of aliphatic hydroxyl groups excluding tert-OH is 2. The number of oxime groups is 1. The van der Waals surface area contributed by atoms with E-state index in [1.807, 2.05) is 0 Å². The van der Waals surface area contributed by atoms with E-state index in [4.69, 9.17) is 16.0 Å². The van der Waals surface area contributed by atoms with Crippen LogP contribution in [0.25, 0.3) is 0 Å². The summed E-state index contributed by atoms with van der Waals surface area (Å²) in [5.41, 5.74) is 6.06. The largest absolute Gasteiger partial charge is 0.409 e. The number of hydrogen-bond donors (Lipinski definition) is 4. The van der Waals surface area contributed by atoms with Gasteiger partial charge >= 0.3 is 0 Å². The van der Waals surface area contributed by atoms with Gasteiger partial charge in [-0.15, -0.1) is 11.8 Å². The maximum absolute atomic E-state index is 9.23. The average Bonchev–Trinajstić information content (AvgIpc) is 2.35. The molecule has 1 unspecified atom stereocenters. The molecule has 7 heteroatoms. The van der Waals surface area contributed by atoms with Crippen LogP contribution in [0.2, 0.25) is 0 Å². The van der Waals surface area contributed by atoms with Crippen molar-refractivity contribution in [1.29, 1.82) is 0 Å². The van der Waals surface area contributed by atoms with E-state index in [1.54, 1.807) is 18.2 Å². The van der Waals surface area contributed by atoms with E-state index in [-0.39, 0.29) is 12.4 Å². The van der Waals surface area contributed by atoms with Crippen LogP contribution in [0.1, 0.15) is 5.56 Å². The van der Waals surface area contributed by atoms with E-state index in [9.17, 15) is 5.11 Å². The zero-order valence-electron chi connectivity index (χ0n) is 8.88. The van der Waals surface area contributed by atoms with Gasteiger partial charge in [0.05, 0.1) is 12.7 Å². The second-order valence-corrected chi connectivity index (χ2v) is 5.19. The second-order valence-electron chi connectivity index (χ2n) is 3.28. The lowest BCUT2D eigenvalue weighted by Gasteiger charge is -2.09. The van der Waals surface area contributed by atoms with Gasteiger partial charge in [0, 0.05) is 20.7 Å². The molecule has 0 amide bonds. The Kier molecular flexibility index (Phi) is 5.76. The molecule has 0 spiro atoms. The highest BCUT2D eigenvalue weighted by molar-refractivity contribution is 9.10. The summed E-state index contributed by atoms with van der Waals surface area (Å²) in [5, 5.41) is 29.4. The Morgan fingerprint density at radius 3 is 2.76 bits per heavy atom. The Hall–Kier alpha value is -0.760. The number of nitrogens with two attached hydrogens (primary N) is 1. The molecule has 0 bridgehead atoms. The molecule has 0 aliphatic rings. The minimum absolute atomic E-state index is 0.0395. The number of halogens is 1. The smallest absolute Gasteiger partial charge is 0.170 e. The Morgan fingerprint density at radius 2 is 2.24 bits per heavy atom. The van der Waals surface area contributed by atoms with Gasteiger partial charge in [0.15, 0.2) is 5.84 Å². The molecule has 0 saturated carbocycles. The van der Waals surface area contributed by atoms with Crippen molar-refractivity contribution >= 4 is 33.5 Å². The predicted octanol–water partition coefficient (Wildman–Crippen LogP) is 0.989. The van der Waals surface area contributed by atoms with Crippen LogP contribution >= 0.6 is 27.7 Å². The summed E-state index contributed by atoms with van der Waals surface area (Å²) in [6, 6.07) is 5.24. The van der Waals surface area contributed by atoms with Crippen molar-refractivity contribution in [2.75, 3.05) is 12.4 Å². The van der Waals surface area contributed by atoms with Crippen molar-refractivity contribution < 1.29 is 15.4 Å². The number of rotatable bonds is 5. The molecule has 0 aromatic heterocycles. The van der Waals surface area contributed by atoms with Crippen molar-refractivity contribution in [2.45, 2.75) is 11.0 Å². The third kappa shape index (κ3) is 4.19. The van der Waals surface area contributed by atoms with E-state index in [2.05, 4.69) is 21.1 Å². The van der Waals surface area contributed by atoms with Crippen molar-refractivity contribution in [1.82, 2.24) is 0 Å². The Labute approximate surface area is 111 Å². The molecule has 0 saturated heterocycles.